The molecule has 3 nitrogen and oxygen atoms in total. The van der Waals surface area contributed by atoms with Crippen LogP contribution in [0.5, 0.6) is 0 Å². The smallest absolute Gasteiger partial charge is 0.200 e. The summed E-state index contributed by atoms with van der Waals surface area (Å²) in [6, 6.07) is 15.2. The fraction of sp³-hybridized carbons (Fsp3) is 0.125. The number of rotatable bonds is 3. The van der Waals surface area contributed by atoms with Gasteiger partial charge in [0.05, 0.1) is 11.0 Å². The van der Waals surface area contributed by atoms with Crippen LogP contribution < -0.4 is 0 Å². The molecule has 106 valence electrons. The highest BCUT2D eigenvalue weighted by molar-refractivity contribution is 8.13. The van der Waals surface area contributed by atoms with E-state index >= 15 is 0 Å². The molecule has 0 saturated carbocycles. The topological polar surface area (TPSA) is 34.9 Å². The maximum atomic E-state index is 12.2. The Morgan fingerprint density at radius 2 is 1.90 bits per heavy atom. The SMILES string of the molecule is Cn1c(SC(=O)Cc2ccc(Cl)cc2)nc2ccccc21. The third kappa shape index (κ3) is 3.12. The van der Waals surface area contributed by atoms with Crippen LogP contribution >= 0.6 is 23.4 Å². The van der Waals surface area contributed by atoms with Gasteiger partial charge in [0.15, 0.2) is 5.16 Å². The van der Waals surface area contributed by atoms with E-state index in [0.29, 0.717) is 11.4 Å². The Morgan fingerprint density at radius 1 is 1.19 bits per heavy atom. The molecule has 0 N–H and O–H groups in total. The number of halogens is 1. The van der Waals surface area contributed by atoms with Gasteiger partial charge >= 0.3 is 0 Å². The second-order valence-corrected chi connectivity index (χ2v) is 6.18. The van der Waals surface area contributed by atoms with E-state index in [2.05, 4.69) is 4.98 Å². The molecule has 0 bridgehead atoms. The molecule has 3 rings (SSSR count). The van der Waals surface area contributed by atoms with Crippen molar-refractivity contribution in [2.75, 3.05) is 0 Å². The highest BCUT2D eigenvalue weighted by Gasteiger charge is 2.13. The standard InChI is InChI=1S/C16H13ClN2OS/c1-19-14-5-3-2-4-13(14)18-16(19)21-15(20)10-11-6-8-12(17)9-7-11/h2-9H,10H2,1H3. The van der Waals surface area contributed by atoms with Gasteiger partial charge in [0.2, 0.25) is 5.12 Å². The van der Waals surface area contributed by atoms with E-state index in [4.69, 9.17) is 11.6 Å². The quantitative estimate of drug-likeness (QED) is 0.683. The van der Waals surface area contributed by atoms with Crippen LogP contribution in [0.1, 0.15) is 5.56 Å². The van der Waals surface area contributed by atoms with Crippen LogP contribution in [0.25, 0.3) is 11.0 Å². The van der Waals surface area contributed by atoms with Crippen LogP contribution in [-0.2, 0) is 18.3 Å². The van der Waals surface area contributed by atoms with Gasteiger partial charge in [0, 0.05) is 18.5 Å². The molecule has 0 aliphatic heterocycles. The monoisotopic (exact) mass is 316 g/mol. The first-order valence-corrected chi connectivity index (χ1v) is 7.69. The fourth-order valence-corrected chi connectivity index (χ4v) is 3.07. The molecule has 3 aromatic rings. The number of hydrogen-bond acceptors (Lipinski definition) is 3. The Bertz CT molecular complexity index is 796. The lowest BCUT2D eigenvalue weighted by molar-refractivity contribution is -0.110. The number of thioether (sulfide) groups is 1. The number of nitrogens with zero attached hydrogens (tertiary/aromatic N) is 2. The zero-order chi connectivity index (χ0) is 14.8. The van der Waals surface area contributed by atoms with E-state index in [9.17, 15) is 4.79 Å². The summed E-state index contributed by atoms with van der Waals surface area (Å²) in [4.78, 5) is 16.7. The van der Waals surface area contributed by atoms with Gasteiger partial charge in [0.25, 0.3) is 0 Å². The second-order valence-electron chi connectivity index (χ2n) is 4.72. The van der Waals surface area contributed by atoms with Crippen molar-refractivity contribution in [3.05, 3.63) is 59.1 Å². The van der Waals surface area contributed by atoms with E-state index in [1.165, 1.54) is 11.8 Å². The lowest BCUT2D eigenvalue weighted by atomic mass is 10.2. The maximum absolute atomic E-state index is 12.2. The molecule has 0 spiro atoms. The number of aryl methyl sites for hydroxylation is 1. The largest absolute Gasteiger partial charge is 0.322 e. The zero-order valence-corrected chi connectivity index (χ0v) is 13.0. The number of aromatic nitrogens is 2. The lowest BCUT2D eigenvalue weighted by Crippen LogP contribution is -2.00. The number of imidazole rings is 1. The summed E-state index contributed by atoms with van der Waals surface area (Å²) in [7, 11) is 1.92. The van der Waals surface area contributed by atoms with Gasteiger partial charge in [-0.1, -0.05) is 35.9 Å². The number of benzene rings is 2. The van der Waals surface area contributed by atoms with Crippen molar-refractivity contribution in [1.82, 2.24) is 9.55 Å². The Kier molecular flexibility index (Phi) is 3.99. The fourth-order valence-electron chi connectivity index (χ4n) is 2.12. The molecule has 1 heterocycles. The molecule has 21 heavy (non-hydrogen) atoms. The van der Waals surface area contributed by atoms with Crippen LogP contribution in [0.2, 0.25) is 5.02 Å². The first-order valence-electron chi connectivity index (χ1n) is 6.50. The molecule has 1 aromatic heterocycles. The van der Waals surface area contributed by atoms with E-state index in [0.717, 1.165) is 21.8 Å². The van der Waals surface area contributed by atoms with Crippen molar-refractivity contribution in [2.45, 2.75) is 11.6 Å². The average molecular weight is 317 g/mol. The molecule has 0 unspecified atom stereocenters. The van der Waals surface area contributed by atoms with Crippen molar-refractivity contribution in [2.24, 2.45) is 7.05 Å². The van der Waals surface area contributed by atoms with Crippen LogP contribution in [0.4, 0.5) is 0 Å². The maximum Gasteiger partial charge on any atom is 0.200 e. The highest BCUT2D eigenvalue weighted by atomic mass is 35.5. The molecular weight excluding hydrogens is 304 g/mol. The number of fused-ring (bicyclic) bond motifs is 1. The summed E-state index contributed by atoms with van der Waals surface area (Å²) < 4.78 is 1.94. The third-order valence-corrected chi connectivity index (χ3v) is 4.38. The van der Waals surface area contributed by atoms with Crippen molar-refractivity contribution in [1.29, 1.82) is 0 Å². The second kappa shape index (κ2) is 5.92. The minimum Gasteiger partial charge on any atom is -0.322 e. The molecule has 0 aliphatic carbocycles. The third-order valence-electron chi connectivity index (χ3n) is 3.21. The first-order chi connectivity index (χ1) is 10.1. The van der Waals surface area contributed by atoms with Gasteiger partial charge in [0.1, 0.15) is 0 Å². The number of hydrogen-bond donors (Lipinski definition) is 0. The van der Waals surface area contributed by atoms with Crippen LogP contribution in [0, 0.1) is 0 Å². The Hall–Kier alpha value is -1.78. The van der Waals surface area contributed by atoms with Crippen molar-refractivity contribution >= 4 is 39.5 Å². The van der Waals surface area contributed by atoms with E-state index in [1.807, 2.05) is 48.0 Å². The van der Waals surface area contributed by atoms with Gasteiger partial charge in [-0.05, 0) is 41.6 Å². The summed E-state index contributed by atoms with van der Waals surface area (Å²) >= 11 is 7.02. The van der Waals surface area contributed by atoms with Crippen molar-refractivity contribution < 1.29 is 4.79 Å². The molecule has 0 amide bonds. The number of carbonyl (C=O) groups excluding carboxylic acids is 1. The lowest BCUT2D eigenvalue weighted by Gasteiger charge is -2.02. The Labute approximate surface area is 131 Å². The Morgan fingerprint density at radius 3 is 2.62 bits per heavy atom. The molecule has 5 heteroatoms. The minimum absolute atomic E-state index is 0.0655. The molecule has 0 aliphatic rings. The van der Waals surface area contributed by atoms with Crippen molar-refractivity contribution in [3.63, 3.8) is 0 Å². The van der Waals surface area contributed by atoms with E-state index in [-0.39, 0.29) is 5.12 Å². The van der Waals surface area contributed by atoms with Crippen LogP contribution in [-0.4, -0.2) is 14.7 Å². The molecule has 0 fully saturated rings. The van der Waals surface area contributed by atoms with Gasteiger partial charge < -0.3 is 4.57 Å². The van der Waals surface area contributed by atoms with Crippen LogP contribution in [0.3, 0.4) is 0 Å². The highest BCUT2D eigenvalue weighted by Crippen LogP contribution is 2.24. The van der Waals surface area contributed by atoms with Gasteiger partial charge in [-0.25, -0.2) is 4.98 Å². The number of para-hydroxylation sites is 2. The predicted molar refractivity (Wildman–Crippen MR) is 86.7 cm³/mol. The van der Waals surface area contributed by atoms with Crippen molar-refractivity contribution in [3.8, 4) is 0 Å². The molecule has 2 aromatic carbocycles. The normalized spacial score (nSPS) is 11.0. The minimum atomic E-state index is 0.0655. The first kappa shape index (κ1) is 14.2. The van der Waals surface area contributed by atoms with Gasteiger partial charge in [-0.3, -0.25) is 4.79 Å². The van der Waals surface area contributed by atoms with E-state index < -0.39 is 0 Å². The summed E-state index contributed by atoms with van der Waals surface area (Å²) in [5, 5.41) is 1.46. The molecule has 0 atom stereocenters. The summed E-state index contributed by atoms with van der Waals surface area (Å²) in [5.41, 5.74) is 2.89. The molecule has 0 radical (unpaired) electrons. The average Bonchev–Trinajstić information content (AvgIpc) is 2.78. The molecular formula is C16H13ClN2OS. The number of carbonyl (C=O) groups is 1. The predicted octanol–water partition coefficient (Wildman–Crippen LogP) is 4.09. The molecule has 0 saturated heterocycles. The van der Waals surface area contributed by atoms with E-state index in [1.54, 1.807) is 12.1 Å². The Balaban J connectivity index is 1.77. The van der Waals surface area contributed by atoms with Gasteiger partial charge in [-0.2, -0.15) is 0 Å². The van der Waals surface area contributed by atoms with Gasteiger partial charge in [-0.15, -0.1) is 0 Å². The summed E-state index contributed by atoms with van der Waals surface area (Å²) in [6.45, 7) is 0. The summed E-state index contributed by atoms with van der Waals surface area (Å²) in [5.74, 6) is 0. The summed E-state index contributed by atoms with van der Waals surface area (Å²) in [6.07, 6.45) is 0.366. The zero-order valence-electron chi connectivity index (χ0n) is 11.4. The van der Waals surface area contributed by atoms with Crippen LogP contribution in [0.15, 0.2) is 53.7 Å².